The molecular weight excluding hydrogens is 260 g/mol. The number of hydrogen-bond donors (Lipinski definition) is 0. The molecule has 1 heterocycles. The molecule has 1 fully saturated rings. The van der Waals surface area contributed by atoms with E-state index in [9.17, 15) is 4.79 Å². The van der Waals surface area contributed by atoms with Crippen molar-refractivity contribution in [3.8, 4) is 0 Å². The number of piperidine rings is 1. The Balaban J connectivity index is 2.00. The highest BCUT2D eigenvalue weighted by Crippen LogP contribution is 2.25. The van der Waals surface area contributed by atoms with Crippen molar-refractivity contribution in [3.63, 3.8) is 0 Å². The Morgan fingerprint density at radius 1 is 1.29 bits per heavy atom. The highest BCUT2D eigenvalue weighted by Gasteiger charge is 2.31. The Morgan fingerprint density at radius 3 is 2.43 bits per heavy atom. The van der Waals surface area contributed by atoms with Gasteiger partial charge in [0.15, 0.2) is 0 Å². The van der Waals surface area contributed by atoms with Crippen LogP contribution >= 0.6 is 0 Å². The van der Waals surface area contributed by atoms with Gasteiger partial charge in [-0.25, -0.2) is 0 Å². The summed E-state index contributed by atoms with van der Waals surface area (Å²) in [4.78, 5) is 16.6. The fraction of sp³-hybridized carbons (Fsp3) is 0.611. The highest BCUT2D eigenvalue weighted by molar-refractivity contribution is 5.68. The molecule has 0 aromatic heterocycles. The van der Waals surface area contributed by atoms with Crippen molar-refractivity contribution in [1.82, 2.24) is 9.80 Å². The summed E-state index contributed by atoms with van der Waals surface area (Å²) in [5.74, 6) is 0. The average molecular weight is 288 g/mol. The van der Waals surface area contributed by atoms with Crippen molar-refractivity contribution in [2.24, 2.45) is 0 Å². The van der Waals surface area contributed by atoms with Crippen molar-refractivity contribution in [2.45, 2.75) is 38.1 Å². The maximum absolute atomic E-state index is 11.7. The summed E-state index contributed by atoms with van der Waals surface area (Å²) >= 11 is 0. The van der Waals surface area contributed by atoms with Gasteiger partial charge in [0, 0.05) is 12.6 Å². The van der Waals surface area contributed by atoms with E-state index in [1.54, 1.807) is 0 Å². The van der Waals surface area contributed by atoms with E-state index in [4.69, 9.17) is 0 Å². The maximum atomic E-state index is 11.7. The quantitative estimate of drug-likeness (QED) is 0.752. The van der Waals surface area contributed by atoms with Crippen LogP contribution < -0.4 is 0 Å². The largest absolute Gasteiger partial charge is 0.303 e. The van der Waals surface area contributed by atoms with Crippen molar-refractivity contribution in [3.05, 3.63) is 35.9 Å². The Kier molecular flexibility index (Phi) is 5.54. The summed E-state index contributed by atoms with van der Waals surface area (Å²) < 4.78 is 0. The molecule has 3 nitrogen and oxygen atoms in total. The van der Waals surface area contributed by atoms with Gasteiger partial charge in [-0.1, -0.05) is 37.3 Å². The lowest BCUT2D eigenvalue weighted by Gasteiger charge is -2.39. The van der Waals surface area contributed by atoms with Crippen molar-refractivity contribution >= 4 is 6.29 Å². The Morgan fingerprint density at radius 2 is 1.90 bits per heavy atom. The number of benzene rings is 1. The van der Waals surface area contributed by atoms with Crippen LogP contribution in [-0.4, -0.2) is 55.4 Å². The molecule has 2 rings (SSSR count). The van der Waals surface area contributed by atoms with Gasteiger partial charge >= 0.3 is 0 Å². The highest BCUT2D eigenvalue weighted by atomic mass is 16.1. The number of likely N-dealkylation sites (N-methyl/N-ethyl adjacent to an activating group) is 1. The molecule has 1 saturated heterocycles. The molecule has 3 heteroatoms. The second-order valence-corrected chi connectivity index (χ2v) is 6.48. The van der Waals surface area contributed by atoms with Gasteiger partial charge in [-0.3, -0.25) is 0 Å². The molecule has 1 aromatic rings. The van der Waals surface area contributed by atoms with Gasteiger partial charge in [-0.2, -0.15) is 0 Å². The van der Waals surface area contributed by atoms with E-state index in [2.05, 4.69) is 35.9 Å². The van der Waals surface area contributed by atoms with Crippen LogP contribution in [0.1, 0.15) is 32.3 Å². The van der Waals surface area contributed by atoms with Gasteiger partial charge in [0.25, 0.3) is 0 Å². The fourth-order valence-electron chi connectivity index (χ4n) is 3.34. The van der Waals surface area contributed by atoms with Gasteiger partial charge in [0.2, 0.25) is 0 Å². The molecule has 0 aliphatic carbocycles. The Hall–Kier alpha value is -1.19. The first-order valence-corrected chi connectivity index (χ1v) is 8.03. The van der Waals surface area contributed by atoms with Gasteiger partial charge in [0.05, 0.1) is 5.41 Å². The molecular formula is C18H28N2O. The molecule has 1 aliphatic heterocycles. The normalized spacial score (nSPS) is 20.4. The molecule has 0 bridgehead atoms. The number of carbonyl (C=O) groups is 1. The van der Waals surface area contributed by atoms with E-state index in [0.29, 0.717) is 6.04 Å². The summed E-state index contributed by atoms with van der Waals surface area (Å²) in [6, 6.07) is 10.7. The third kappa shape index (κ3) is 3.92. The number of nitrogens with zero attached hydrogens (tertiary/aromatic N) is 2. The molecule has 0 saturated carbocycles. The molecule has 1 aliphatic rings. The van der Waals surface area contributed by atoms with Crippen LogP contribution in [0.25, 0.3) is 0 Å². The number of hydrogen-bond acceptors (Lipinski definition) is 3. The molecule has 0 amide bonds. The van der Waals surface area contributed by atoms with Crippen LogP contribution in [0.15, 0.2) is 30.3 Å². The summed E-state index contributed by atoms with van der Waals surface area (Å²) in [7, 11) is 2.16. The summed E-state index contributed by atoms with van der Waals surface area (Å²) in [5, 5.41) is 0. The van der Waals surface area contributed by atoms with E-state index in [0.717, 1.165) is 24.9 Å². The Labute approximate surface area is 128 Å². The predicted octanol–water partition coefficient (Wildman–Crippen LogP) is 2.56. The third-order valence-electron chi connectivity index (χ3n) is 4.90. The topological polar surface area (TPSA) is 23.6 Å². The SMILES string of the molecule is CCN1CCC(N(C)CC(C)(C=O)c2ccccc2)CC1. The smallest absolute Gasteiger partial charge is 0.131 e. The third-order valence-corrected chi connectivity index (χ3v) is 4.90. The number of rotatable bonds is 6. The average Bonchev–Trinajstić information content (AvgIpc) is 2.55. The number of aldehydes is 1. The Bertz CT molecular complexity index is 440. The molecule has 1 atom stereocenters. The summed E-state index contributed by atoms with van der Waals surface area (Å²) in [6.07, 6.45) is 3.52. The maximum Gasteiger partial charge on any atom is 0.131 e. The minimum atomic E-state index is -0.419. The molecule has 0 radical (unpaired) electrons. The fourth-order valence-corrected chi connectivity index (χ4v) is 3.34. The van der Waals surface area contributed by atoms with Gasteiger partial charge < -0.3 is 14.6 Å². The number of carbonyl (C=O) groups excluding carboxylic acids is 1. The first kappa shape index (κ1) is 16.2. The van der Waals surface area contributed by atoms with E-state index in [-0.39, 0.29) is 0 Å². The summed E-state index contributed by atoms with van der Waals surface area (Å²) in [5.41, 5.74) is 0.690. The molecule has 1 unspecified atom stereocenters. The molecule has 21 heavy (non-hydrogen) atoms. The van der Waals surface area contributed by atoms with Crippen LogP contribution in [0.2, 0.25) is 0 Å². The standard InChI is InChI=1S/C18H28N2O/c1-4-20-12-10-17(11-13-20)19(3)14-18(2,15-21)16-8-6-5-7-9-16/h5-9,15,17H,4,10-14H2,1-3H3. The van der Waals surface area contributed by atoms with Crippen LogP contribution in [-0.2, 0) is 10.2 Å². The zero-order chi connectivity index (χ0) is 15.3. The molecule has 116 valence electrons. The van der Waals surface area contributed by atoms with Gasteiger partial charge in [0.1, 0.15) is 6.29 Å². The second kappa shape index (κ2) is 7.19. The monoisotopic (exact) mass is 288 g/mol. The van der Waals surface area contributed by atoms with Crippen LogP contribution in [0.5, 0.6) is 0 Å². The first-order valence-electron chi connectivity index (χ1n) is 8.03. The van der Waals surface area contributed by atoms with Gasteiger partial charge in [-0.15, -0.1) is 0 Å². The lowest BCUT2D eigenvalue weighted by molar-refractivity contribution is -0.113. The van der Waals surface area contributed by atoms with E-state index in [1.165, 1.54) is 25.9 Å². The zero-order valence-electron chi connectivity index (χ0n) is 13.6. The molecule has 0 spiro atoms. The predicted molar refractivity (Wildman–Crippen MR) is 87.6 cm³/mol. The van der Waals surface area contributed by atoms with Crippen molar-refractivity contribution in [1.29, 1.82) is 0 Å². The minimum absolute atomic E-state index is 0.419. The second-order valence-electron chi connectivity index (χ2n) is 6.48. The molecule has 1 aromatic carbocycles. The van der Waals surface area contributed by atoms with Crippen LogP contribution in [0.4, 0.5) is 0 Å². The minimum Gasteiger partial charge on any atom is -0.303 e. The van der Waals surface area contributed by atoms with E-state index in [1.807, 2.05) is 25.1 Å². The van der Waals surface area contributed by atoms with E-state index < -0.39 is 5.41 Å². The lowest BCUT2D eigenvalue weighted by Crippen LogP contribution is -2.48. The van der Waals surface area contributed by atoms with E-state index >= 15 is 0 Å². The first-order chi connectivity index (χ1) is 10.1. The van der Waals surface area contributed by atoms with Crippen molar-refractivity contribution in [2.75, 3.05) is 33.2 Å². The molecule has 0 N–H and O–H groups in total. The van der Waals surface area contributed by atoms with Gasteiger partial charge in [-0.05, 0) is 52.0 Å². The van der Waals surface area contributed by atoms with Crippen LogP contribution in [0.3, 0.4) is 0 Å². The van der Waals surface area contributed by atoms with Crippen molar-refractivity contribution < 1.29 is 4.79 Å². The number of likely N-dealkylation sites (tertiary alicyclic amines) is 1. The van der Waals surface area contributed by atoms with Crippen LogP contribution in [0, 0.1) is 0 Å². The zero-order valence-corrected chi connectivity index (χ0v) is 13.6. The lowest BCUT2D eigenvalue weighted by atomic mass is 9.83. The summed E-state index contributed by atoms with van der Waals surface area (Å²) in [6.45, 7) is 8.56.